The molecule has 0 fully saturated rings. The molecule has 1 unspecified atom stereocenters. The van der Waals surface area contributed by atoms with Crippen LogP contribution in [0.5, 0.6) is 0 Å². The van der Waals surface area contributed by atoms with Crippen LogP contribution < -0.4 is 10.2 Å². The quantitative estimate of drug-likeness (QED) is 0.846. The van der Waals surface area contributed by atoms with Gasteiger partial charge < -0.3 is 15.0 Å². The number of anilines is 2. The highest BCUT2D eigenvalue weighted by atomic mass is 16.5. The summed E-state index contributed by atoms with van der Waals surface area (Å²) >= 11 is 0. The van der Waals surface area contributed by atoms with Gasteiger partial charge in [0, 0.05) is 30.5 Å². The zero-order valence-corrected chi connectivity index (χ0v) is 14.8. The molecule has 0 aliphatic carbocycles. The topological polar surface area (TPSA) is 71.5 Å². The molecule has 0 saturated heterocycles. The number of esters is 1. The van der Waals surface area contributed by atoms with E-state index < -0.39 is 5.92 Å². The standard InChI is InChI=1S/C19H23N3O3/c1-4-22(5-2)18-13-10-8-7-9-12(13)16-14(19(24)25-6-3)11-15(23)20-17(16)21-18/h7-10,14H,4-6,11H2,1-3H3,(H,20,21,23). The lowest BCUT2D eigenvalue weighted by Gasteiger charge is -2.29. The molecule has 1 atom stereocenters. The van der Waals surface area contributed by atoms with Gasteiger partial charge in [0.15, 0.2) is 0 Å². The van der Waals surface area contributed by atoms with E-state index in [1.807, 2.05) is 24.3 Å². The second kappa shape index (κ2) is 7.09. The molecule has 6 heteroatoms. The van der Waals surface area contributed by atoms with Crippen LogP contribution in [0.4, 0.5) is 11.6 Å². The number of aromatic nitrogens is 1. The van der Waals surface area contributed by atoms with Gasteiger partial charge in [0.05, 0.1) is 12.5 Å². The average molecular weight is 341 g/mol. The Balaban J connectivity index is 2.26. The van der Waals surface area contributed by atoms with E-state index in [4.69, 9.17) is 9.72 Å². The number of nitrogens with zero attached hydrogens (tertiary/aromatic N) is 2. The Morgan fingerprint density at radius 2 is 1.92 bits per heavy atom. The molecule has 1 aliphatic rings. The monoisotopic (exact) mass is 341 g/mol. The predicted molar refractivity (Wildman–Crippen MR) is 97.9 cm³/mol. The Hall–Kier alpha value is -2.63. The first-order valence-electron chi connectivity index (χ1n) is 8.74. The minimum absolute atomic E-state index is 0.0854. The molecular formula is C19H23N3O3. The van der Waals surface area contributed by atoms with Crippen LogP contribution in [0.25, 0.3) is 10.8 Å². The van der Waals surface area contributed by atoms with Gasteiger partial charge in [-0.2, -0.15) is 0 Å². The molecule has 6 nitrogen and oxygen atoms in total. The second-order valence-electron chi connectivity index (χ2n) is 5.97. The summed E-state index contributed by atoms with van der Waals surface area (Å²) in [5.41, 5.74) is 0.754. The molecule has 132 valence electrons. The van der Waals surface area contributed by atoms with Gasteiger partial charge in [-0.3, -0.25) is 9.59 Å². The smallest absolute Gasteiger partial charge is 0.314 e. The Bertz CT molecular complexity index is 815. The number of fused-ring (bicyclic) bond motifs is 3. The molecule has 0 radical (unpaired) electrons. The van der Waals surface area contributed by atoms with Gasteiger partial charge in [0.25, 0.3) is 0 Å². The summed E-state index contributed by atoms with van der Waals surface area (Å²) in [6.45, 7) is 7.80. The zero-order chi connectivity index (χ0) is 18.0. The lowest BCUT2D eigenvalue weighted by molar-refractivity contribution is -0.146. The van der Waals surface area contributed by atoms with Crippen molar-refractivity contribution in [2.24, 2.45) is 0 Å². The summed E-state index contributed by atoms with van der Waals surface area (Å²) in [5, 5.41) is 4.76. The van der Waals surface area contributed by atoms with E-state index in [0.717, 1.165) is 35.2 Å². The first-order chi connectivity index (χ1) is 12.1. The van der Waals surface area contributed by atoms with Gasteiger partial charge >= 0.3 is 5.97 Å². The maximum atomic E-state index is 12.4. The van der Waals surface area contributed by atoms with Gasteiger partial charge in [-0.25, -0.2) is 4.98 Å². The van der Waals surface area contributed by atoms with Gasteiger partial charge in [-0.1, -0.05) is 24.3 Å². The van der Waals surface area contributed by atoms with Crippen LogP contribution in [-0.2, 0) is 14.3 Å². The van der Waals surface area contributed by atoms with Crippen LogP contribution in [0, 0.1) is 0 Å². The normalized spacial score (nSPS) is 16.3. The Morgan fingerprint density at radius 3 is 2.56 bits per heavy atom. The van der Waals surface area contributed by atoms with Crippen molar-refractivity contribution >= 4 is 34.3 Å². The summed E-state index contributed by atoms with van der Waals surface area (Å²) in [6, 6.07) is 7.89. The lowest BCUT2D eigenvalue weighted by Crippen LogP contribution is -2.31. The highest BCUT2D eigenvalue weighted by molar-refractivity contribution is 6.07. The van der Waals surface area contributed by atoms with Crippen LogP contribution in [0.2, 0.25) is 0 Å². The third-order valence-corrected chi connectivity index (χ3v) is 4.56. The molecule has 1 amide bonds. The number of hydrogen-bond donors (Lipinski definition) is 1. The van der Waals surface area contributed by atoms with E-state index in [1.54, 1.807) is 6.92 Å². The molecule has 1 aromatic heterocycles. The maximum Gasteiger partial charge on any atom is 0.314 e. The molecule has 1 aromatic carbocycles. The number of benzene rings is 1. The van der Waals surface area contributed by atoms with E-state index in [9.17, 15) is 9.59 Å². The summed E-state index contributed by atoms with van der Waals surface area (Å²) in [4.78, 5) is 31.4. The van der Waals surface area contributed by atoms with Crippen molar-refractivity contribution in [2.45, 2.75) is 33.1 Å². The molecule has 0 spiro atoms. The van der Waals surface area contributed by atoms with Crippen LogP contribution >= 0.6 is 0 Å². The van der Waals surface area contributed by atoms with E-state index in [1.165, 1.54) is 0 Å². The molecule has 0 saturated carbocycles. The molecular weight excluding hydrogens is 318 g/mol. The number of carbonyl (C=O) groups is 2. The lowest BCUT2D eigenvalue weighted by atomic mass is 9.88. The van der Waals surface area contributed by atoms with E-state index in [2.05, 4.69) is 24.1 Å². The van der Waals surface area contributed by atoms with Gasteiger partial charge in [0.2, 0.25) is 5.91 Å². The summed E-state index contributed by atoms with van der Waals surface area (Å²) < 4.78 is 5.20. The Morgan fingerprint density at radius 1 is 1.24 bits per heavy atom. The third kappa shape index (κ3) is 3.04. The maximum absolute atomic E-state index is 12.4. The van der Waals surface area contributed by atoms with E-state index >= 15 is 0 Å². The number of carbonyl (C=O) groups excluding carboxylic acids is 2. The zero-order valence-electron chi connectivity index (χ0n) is 14.8. The van der Waals surface area contributed by atoms with Crippen LogP contribution in [0.1, 0.15) is 38.7 Å². The number of pyridine rings is 1. The van der Waals surface area contributed by atoms with E-state index in [0.29, 0.717) is 5.82 Å². The van der Waals surface area contributed by atoms with Gasteiger partial charge in [-0.15, -0.1) is 0 Å². The number of amides is 1. The molecule has 0 bridgehead atoms. The number of nitrogens with one attached hydrogen (secondary N) is 1. The first kappa shape index (κ1) is 17.2. The van der Waals surface area contributed by atoms with Crippen LogP contribution in [0.3, 0.4) is 0 Å². The van der Waals surface area contributed by atoms with Crippen molar-refractivity contribution in [1.82, 2.24) is 4.98 Å². The first-order valence-corrected chi connectivity index (χ1v) is 8.74. The molecule has 1 aliphatic heterocycles. The SMILES string of the molecule is CCOC(=O)C1CC(=O)Nc2nc(N(CC)CC)c3ccccc3c21. The minimum atomic E-state index is -0.619. The highest BCUT2D eigenvalue weighted by Gasteiger charge is 2.35. The third-order valence-electron chi connectivity index (χ3n) is 4.56. The largest absolute Gasteiger partial charge is 0.466 e. The number of rotatable bonds is 5. The van der Waals surface area contributed by atoms with Crippen molar-refractivity contribution in [1.29, 1.82) is 0 Å². The molecule has 25 heavy (non-hydrogen) atoms. The average Bonchev–Trinajstić information content (AvgIpc) is 2.62. The van der Waals surface area contributed by atoms with Crippen molar-refractivity contribution in [3.63, 3.8) is 0 Å². The summed E-state index contributed by atoms with van der Waals surface area (Å²) in [6.07, 6.45) is 0.0854. The fourth-order valence-electron chi connectivity index (χ4n) is 3.39. The fraction of sp³-hybridized carbons (Fsp3) is 0.421. The van der Waals surface area contributed by atoms with Crippen molar-refractivity contribution < 1.29 is 14.3 Å². The molecule has 2 heterocycles. The fourth-order valence-corrected chi connectivity index (χ4v) is 3.39. The highest BCUT2D eigenvalue weighted by Crippen LogP contribution is 2.40. The summed E-state index contributed by atoms with van der Waals surface area (Å²) in [7, 11) is 0. The molecule has 2 aromatic rings. The van der Waals surface area contributed by atoms with Crippen LogP contribution in [-0.4, -0.2) is 36.6 Å². The number of hydrogen-bond acceptors (Lipinski definition) is 5. The molecule has 3 rings (SSSR count). The minimum Gasteiger partial charge on any atom is -0.466 e. The predicted octanol–water partition coefficient (Wildman–Crippen LogP) is 3.07. The summed E-state index contributed by atoms with van der Waals surface area (Å²) in [5.74, 6) is 0.0888. The van der Waals surface area contributed by atoms with Crippen molar-refractivity contribution in [2.75, 3.05) is 29.9 Å². The van der Waals surface area contributed by atoms with Crippen molar-refractivity contribution in [3.8, 4) is 0 Å². The van der Waals surface area contributed by atoms with E-state index in [-0.39, 0.29) is 24.9 Å². The Labute approximate surface area is 147 Å². The van der Waals surface area contributed by atoms with Crippen LogP contribution in [0.15, 0.2) is 24.3 Å². The second-order valence-corrected chi connectivity index (χ2v) is 5.97. The number of ether oxygens (including phenoxy) is 1. The Kier molecular flexibility index (Phi) is 4.88. The van der Waals surface area contributed by atoms with Crippen molar-refractivity contribution in [3.05, 3.63) is 29.8 Å². The van der Waals surface area contributed by atoms with Gasteiger partial charge in [-0.05, 0) is 26.2 Å². The molecule has 1 N–H and O–H groups in total. The van der Waals surface area contributed by atoms with Gasteiger partial charge in [0.1, 0.15) is 11.6 Å².